The van der Waals surface area contributed by atoms with Crippen LogP contribution in [0.5, 0.6) is 0 Å². The average Bonchev–Trinajstić information content (AvgIpc) is 2.89. The molecule has 4 atom stereocenters. The molecule has 8 nitrogen and oxygen atoms in total. The van der Waals surface area contributed by atoms with E-state index in [9.17, 15) is 9.59 Å². The third kappa shape index (κ3) is 1.75. The summed E-state index contributed by atoms with van der Waals surface area (Å²) in [5, 5.41) is 6.08. The maximum Gasteiger partial charge on any atom is 0.223 e. The average molecular weight is 232 g/mol. The summed E-state index contributed by atoms with van der Waals surface area (Å²) >= 11 is 0. The minimum atomic E-state index is -0.682. The van der Waals surface area contributed by atoms with Crippen LogP contribution in [0, 0.1) is 23.7 Å². The first-order valence-electron chi connectivity index (χ1n) is 5.05. The zero-order valence-electron chi connectivity index (χ0n) is 8.67. The molecule has 0 aliphatic heterocycles. The molecule has 2 amide bonds. The van der Waals surface area contributed by atoms with Crippen molar-refractivity contribution in [2.24, 2.45) is 33.9 Å². The number of fused-ring (bicyclic) bond motifs is 2. The largest absolute Gasteiger partial charge is 0.292 e. The van der Waals surface area contributed by atoms with Crippen molar-refractivity contribution in [2.75, 3.05) is 0 Å². The molecule has 86 valence electrons. The number of nitrogens with zero attached hydrogens (tertiary/aromatic N) is 6. The van der Waals surface area contributed by atoms with Crippen LogP contribution < -0.4 is 0 Å². The molecule has 1 saturated carbocycles. The maximum atomic E-state index is 11.6. The Kier molecular flexibility index (Phi) is 2.82. The number of hydrogen-bond acceptors (Lipinski definition) is 2. The summed E-state index contributed by atoms with van der Waals surface area (Å²) < 4.78 is 0. The lowest BCUT2D eigenvalue weighted by molar-refractivity contribution is -0.131. The second-order valence-electron chi connectivity index (χ2n) is 4.06. The van der Waals surface area contributed by atoms with Crippen LogP contribution in [-0.4, -0.2) is 11.8 Å². The number of rotatable bonds is 2. The van der Waals surface area contributed by atoms with E-state index in [0.29, 0.717) is 6.42 Å². The van der Waals surface area contributed by atoms with Crippen LogP contribution in [0.3, 0.4) is 0 Å². The molecule has 0 aromatic rings. The number of allylic oxidation sites excluding steroid dienone is 2. The van der Waals surface area contributed by atoms with Gasteiger partial charge in [-0.3, -0.25) is 9.59 Å². The second kappa shape index (κ2) is 4.29. The quantitative estimate of drug-likeness (QED) is 0.312. The van der Waals surface area contributed by atoms with Gasteiger partial charge in [0, 0.05) is 21.7 Å². The van der Waals surface area contributed by atoms with Crippen molar-refractivity contribution in [2.45, 2.75) is 6.42 Å². The van der Waals surface area contributed by atoms with Crippen LogP contribution in [0.1, 0.15) is 6.42 Å². The maximum absolute atomic E-state index is 11.6. The van der Waals surface area contributed by atoms with Gasteiger partial charge in [-0.1, -0.05) is 12.2 Å². The van der Waals surface area contributed by atoms with Crippen molar-refractivity contribution >= 4 is 11.8 Å². The molecule has 2 rings (SSSR count). The minimum absolute atomic E-state index is 0.0964. The van der Waals surface area contributed by atoms with Crippen molar-refractivity contribution in [1.29, 1.82) is 0 Å². The van der Waals surface area contributed by atoms with Crippen molar-refractivity contribution in [3.05, 3.63) is 33.0 Å². The Labute approximate surface area is 95.5 Å². The molecule has 8 heteroatoms. The highest BCUT2D eigenvalue weighted by molar-refractivity contribution is 5.90. The van der Waals surface area contributed by atoms with E-state index in [2.05, 4.69) is 20.1 Å². The summed E-state index contributed by atoms with van der Waals surface area (Å²) in [5.41, 5.74) is 16.5. The molecule has 0 unspecified atom stereocenters. The first-order chi connectivity index (χ1) is 8.19. The molecule has 17 heavy (non-hydrogen) atoms. The number of carbonyl (C=O) groups is 2. The monoisotopic (exact) mass is 232 g/mol. The standard InChI is InChI=1S/C9H8N6O2/c10-14-12-8(16)6-4-1-2-5(3-4)7(6)9(17)13-15-11/h1-2,4-7H,3H2/t4-,5+,6-,7-/m1/s1. The highest BCUT2D eigenvalue weighted by atomic mass is 16.2. The highest BCUT2D eigenvalue weighted by Crippen LogP contribution is 2.49. The van der Waals surface area contributed by atoms with Gasteiger partial charge < -0.3 is 0 Å². The molecule has 0 N–H and O–H groups in total. The fourth-order valence-electron chi connectivity index (χ4n) is 2.72. The van der Waals surface area contributed by atoms with Gasteiger partial charge >= 0.3 is 0 Å². The molecule has 0 spiro atoms. The molecule has 0 radical (unpaired) electrons. The van der Waals surface area contributed by atoms with Gasteiger partial charge in [0.25, 0.3) is 0 Å². The molecule has 2 bridgehead atoms. The van der Waals surface area contributed by atoms with Crippen LogP contribution in [0.4, 0.5) is 0 Å². The minimum Gasteiger partial charge on any atom is -0.292 e. The summed E-state index contributed by atoms with van der Waals surface area (Å²) in [6, 6.07) is 0. The molecule has 0 aromatic heterocycles. The lowest BCUT2D eigenvalue weighted by Crippen LogP contribution is -2.31. The molecular weight excluding hydrogens is 224 g/mol. The van der Waals surface area contributed by atoms with Crippen molar-refractivity contribution in [3.8, 4) is 0 Å². The fraction of sp³-hybridized carbons (Fsp3) is 0.556. The normalized spacial score (nSPS) is 32.7. The van der Waals surface area contributed by atoms with E-state index in [4.69, 9.17) is 11.1 Å². The Morgan fingerprint density at radius 1 is 1.00 bits per heavy atom. The van der Waals surface area contributed by atoms with Crippen LogP contribution >= 0.6 is 0 Å². The smallest absolute Gasteiger partial charge is 0.223 e. The lowest BCUT2D eigenvalue weighted by atomic mass is 9.82. The van der Waals surface area contributed by atoms with Gasteiger partial charge in [0.1, 0.15) is 0 Å². The Bertz CT molecular complexity index is 456. The van der Waals surface area contributed by atoms with E-state index in [1.54, 1.807) is 0 Å². The summed E-state index contributed by atoms with van der Waals surface area (Å²) in [4.78, 5) is 28.1. The summed E-state index contributed by atoms with van der Waals surface area (Å²) in [6.07, 6.45) is 4.36. The number of amides is 2. The summed E-state index contributed by atoms with van der Waals surface area (Å²) in [6.45, 7) is 0. The molecule has 1 fully saturated rings. The zero-order valence-corrected chi connectivity index (χ0v) is 8.67. The Hall–Kier alpha value is -2.30. The predicted molar refractivity (Wildman–Crippen MR) is 56.0 cm³/mol. The Balaban J connectivity index is 2.32. The van der Waals surface area contributed by atoms with E-state index in [-0.39, 0.29) is 11.8 Å². The van der Waals surface area contributed by atoms with E-state index in [1.165, 1.54) is 0 Å². The van der Waals surface area contributed by atoms with Gasteiger partial charge in [-0.15, -0.1) is 0 Å². The topological polar surface area (TPSA) is 132 Å². The molecule has 0 aromatic carbocycles. The van der Waals surface area contributed by atoms with Crippen LogP contribution in [0.2, 0.25) is 0 Å². The van der Waals surface area contributed by atoms with E-state index in [1.807, 2.05) is 12.2 Å². The predicted octanol–water partition coefficient (Wildman–Crippen LogP) is 2.10. The van der Waals surface area contributed by atoms with Gasteiger partial charge in [-0.2, -0.15) is 0 Å². The Morgan fingerprint density at radius 2 is 1.41 bits per heavy atom. The first-order valence-corrected chi connectivity index (χ1v) is 5.05. The second-order valence-corrected chi connectivity index (χ2v) is 4.06. The van der Waals surface area contributed by atoms with E-state index < -0.39 is 23.7 Å². The van der Waals surface area contributed by atoms with Crippen LogP contribution in [0.25, 0.3) is 20.9 Å². The van der Waals surface area contributed by atoms with Crippen molar-refractivity contribution < 1.29 is 9.59 Å². The molecule has 0 heterocycles. The lowest BCUT2D eigenvalue weighted by Gasteiger charge is -2.22. The zero-order chi connectivity index (χ0) is 12.4. The summed E-state index contributed by atoms with van der Waals surface area (Å²) in [7, 11) is 0. The van der Waals surface area contributed by atoms with Crippen LogP contribution in [-0.2, 0) is 9.59 Å². The third-order valence-corrected chi connectivity index (χ3v) is 3.32. The molecule has 2 aliphatic carbocycles. The first kappa shape index (κ1) is 11.2. The molecule has 2 aliphatic rings. The third-order valence-electron chi connectivity index (χ3n) is 3.32. The van der Waals surface area contributed by atoms with Gasteiger partial charge in [-0.05, 0) is 39.5 Å². The van der Waals surface area contributed by atoms with Gasteiger partial charge in [0.15, 0.2) is 0 Å². The number of carbonyl (C=O) groups excluding carboxylic acids is 2. The van der Waals surface area contributed by atoms with Gasteiger partial charge in [-0.25, -0.2) is 0 Å². The Morgan fingerprint density at radius 3 is 1.76 bits per heavy atom. The van der Waals surface area contributed by atoms with E-state index in [0.717, 1.165) is 0 Å². The summed E-state index contributed by atoms with van der Waals surface area (Å²) in [5.74, 6) is -2.87. The van der Waals surface area contributed by atoms with E-state index >= 15 is 0 Å². The van der Waals surface area contributed by atoms with Gasteiger partial charge in [0.2, 0.25) is 11.8 Å². The molecular formula is C9H8N6O2. The van der Waals surface area contributed by atoms with Crippen molar-refractivity contribution in [1.82, 2.24) is 0 Å². The number of azide groups is 2. The molecule has 0 saturated heterocycles. The van der Waals surface area contributed by atoms with Crippen molar-refractivity contribution in [3.63, 3.8) is 0 Å². The van der Waals surface area contributed by atoms with Crippen LogP contribution in [0.15, 0.2) is 22.4 Å². The fourth-order valence-corrected chi connectivity index (χ4v) is 2.72. The highest BCUT2D eigenvalue weighted by Gasteiger charge is 2.50. The SMILES string of the molecule is [N-]=[N+]=NC(=O)[C@H]1[C@H](C(=O)N=[N+]=[N-])[C@H]2C=C[C@@H]1C2. The van der Waals surface area contributed by atoms with Gasteiger partial charge in [0.05, 0.1) is 0 Å². The number of hydrogen-bond donors (Lipinski definition) is 0.